The van der Waals surface area contributed by atoms with Gasteiger partial charge >= 0.3 is 0 Å². The summed E-state index contributed by atoms with van der Waals surface area (Å²) in [6.07, 6.45) is 1.63. The minimum atomic E-state index is -0.172. The van der Waals surface area contributed by atoms with Crippen molar-refractivity contribution in [3.05, 3.63) is 52.4 Å². The molecular weight excluding hydrogens is 242 g/mol. The van der Waals surface area contributed by atoms with Gasteiger partial charge in [-0.15, -0.1) is 0 Å². The highest BCUT2D eigenvalue weighted by molar-refractivity contribution is 5.39. The second-order valence-corrected chi connectivity index (χ2v) is 4.71. The maximum atomic E-state index is 11.9. The van der Waals surface area contributed by atoms with Gasteiger partial charge in [-0.3, -0.25) is 4.79 Å². The van der Waals surface area contributed by atoms with Crippen molar-refractivity contribution in [1.82, 2.24) is 9.78 Å². The lowest BCUT2D eigenvalue weighted by molar-refractivity contribution is 0.474. The molecular formula is C14H17N3O2. The first-order chi connectivity index (χ1) is 9.04. The van der Waals surface area contributed by atoms with E-state index in [2.05, 4.69) is 10.4 Å². The molecule has 0 atom stereocenters. The first-order valence-corrected chi connectivity index (χ1v) is 6.16. The molecule has 0 amide bonds. The fourth-order valence-electron chi connectivity index (χ4n) is 1.79. The average molecular weight is 259 g/mol. The van der Waals surface area contributed by atoms with E-state index in [9.17, 15) is 9.90 Å². The number of nitrogens with zero attached hydrogens (tertiary/aromatic N) is 2. The molecule has 0 aliphatic carbocycles. The van der Waals surface area contributed by atoms with Crippen molar-refractivity contribution in [1.29, 1.82) is 0 Å². The Labute approximate surface area is 111 Å². The first kappa shape index (κ1) is 13.1. The van der Waals surface area contributed by atoms with E-state index < -0.39 is 0 Å². The van der Waals surface area contributed by atoms with Crippen molar-refractivity contribution in [2.75, 3.05) is 5.32 Å². The highest BCUT2D eigenvalue weighted by Gasteiger charge is 2.03. The van der Waals surface area contributed by atoms with Gasteiger partial charge in [0, 0.05) is 12.1 Å². The molecule has 5 nitrogen and oxygen atoms in total. The number of nitrogens with one attached hydrogen (secondary N) is 1. The van der Waals surface area contributed by atoms with Gasteiger partial charge in [-0.05, 0) is 31.5 Å². The summed E-state index contributed by atoms with van der Waals surface area (Å²) in [6, 6.07) is 8.57. The molecule has 19 heavy (non-hydrogen) atoms. The lowest BCUT2D eigenvalue weighted by Gasteiger charge is -2.10. The van der Waals surface area contributed by atoms with E-state index in [1.165, 1.54) is 10.7 Å². The van der Waals surface area contributed by atoms with Crippen molar-refractivity contribution in [3.8, 4) is 5.75 Å². The molecule has 0 aliphatic heterocycles. The Morgan fingerprint density at radius 1 is 1.37 bits per heavy atom. The summed E-state index contributed by atoms with van der Waals surface area (Å²) < 4.78 is 1.36. The lowest BCUT2D eigenvalue weighted by atomic mass is 10.2. The van der Waals surface area contributed by atoms with Crippen LogP contribution in [0.3, 0.4) is 0 Å². The van der Waals surface area contributed by atoms with Gasteiger partial charge in [-0.25, -0.2) is 4.68 Å². The van der Waals surface area contributed by atoms with Crippen LogP contribution in [0, 0.1) is 0 Å². The molecule has 0 unspecified atom stereocenters. The molecule has 2 rings (SSSR count). The summed E-state index contributed by atoms with van der Waals surface area (Å²) in [5, 5.41) is 16.6. The normalized spacial score (nSPS) is 10.7. The van der Waals surface area contributed by atoms with Crippen LogP contribution in [0.2, 0.25) is 0 Å². The Kier molecular flexibility index (Phi) is 3.85. The maximum Gasteiger partial charge on any atom is 0.269 e. The first-order valence-electron chi connectivity index (χ1n) is 6.16. The van der Waals surface area contributed by atoms with Gasteiger partial charge in [0.05, 0.1) is 18.4 Å². The Hall–Kier alpha value is -2.30. The van der Waals surface area contributed by atoms with Crippen LogP contribution in [0.5, 0.6) is 5.75 Å². The van der Waals surface area contributed by atoms with Gasteiger partial charge in [0.2, 0.25) is 0 Å². The number of hydrogen-bond acceptors (Lipinski definition) is 4. The van der Waals surface area contributed by atoms with E-state index in [0.717, 1.165) is 5.56 Å². The zero-order valence-electron chi connectivity index (χ0n) is 11.0. The summed E-state index contributed by atoms with van der Waals surface area (Å²) in [6.45, 7) is 4.34. The molecule has 0 radical (unpaired) electrons. The van der Waals surface area contributed by atoms with E-state index in [-0.39, 0.29) is 17.4 Å². The Bertz CT molecular complexity index is 620. The van der Waals surface area contributed by atoms with Gasteiger partial charge < -0.3 is 10.4 Å². The molecule has 0 saturated heterocycles. The van der Waals surface area contributed by atoms with E-state index in [0.29, 0.717) is 12.2 Å². The summed E-state index contributed by atoms with van der Waals surface area (Å²) >= 11 is 0. The minimum absolute atomic E-state index is 0.172. The molecule has 5 heteroatoms. The molecule has 2 aromatic rings. The van der Waals surface area contributed by atoms with Crippen LogP contribution in [-0.2, 0) is 6.54 Å². The Morgan fingerprint density at radius 2 is 2.16 bits per heavy atom. The number of benzene rings is 1. The fourth-order valence-corrected chi connectivity index (χ4v) is 1.79. The summed E-state index contributed by atoms with van der Waals surface area (Å²) in [5.41, 5.74) is 1.38. The third-order valence-corrected chi connectivity index (χ3v) is 2.57. The molecule has 1 aromatic heterocycles. The summed E-state index contributed by atoms with van der Waals surface area (Å²) in [7, 11) is 0. The van der Waals surface area contributed by atoms with Crippen LogP contribution in [0.25, 0.3) is 0 Å². The average Bonchev–Trinajstić information content (AvgIpc) is 2.32. The molecule has 1 heterocycles. The number of phenols is 1. The molecule has 1 aromatic carbocycles. The number of rotatable bonds is 4. The second-order valence-electron chi connectivity index (χ2n) is 4.71. The van der Waals surface area contributed by atoms with Crippen LogP contribution in [0.4, 0.5) is 5.69 Å². The molecule has 2 N–H and O–H groups in total. The Morgan fingerprint density at radius 3 is 2.79 bits per heavy atom. The van der Waals surface area contributed by atoms with Crippen LogP contribution < -0.4 is 10.9 Å². The van der Waals surface area contributed by atoms with Crippen LogP contribution in [0.15, 0.2) is 41.3 Å². The van der Waals surface area contributed by atoms with Crippen LogP contribution in [0.1, 0.15) is 19.4 Å². The zero-order valence-corrected chi connectivity index (χ0v) is 11.0. The fraction of sp³-hybridized carbons (Fsp3) is 0.286. The summed E-state index contributed by atoms with van der Waals surface area (Å²) in [5.74, 6) is 0.184. The van der Waals surface area contributed by atoms with E-state index >= 15 is 0 Å². The van der Waals surface area contributed by atoms with Gasteiger partial charge in [0.1, 0.15) is 5.75 Å². The van der Waals surface area contributed by atoms with Crippen molar-refractivity contribution in [2.45, 2.75) is 26.4 Å². The molecule has 100 valence electrons. The van der Waals surface area contributed by atoms with E-state index in [4.69, 9.17) is 0 Å². The third-order valence-electron chi connectivity index (χ3n) is 2.57. The largest absolute Gasteiger partial charge is 0.508 e. The van der Waals surface area contributed by atoms with Gasteiger partial charge in [0.15, 0.2) is 0 Å². The van der Waals surface area contributed by atoms with Crippen molar-refractivity contribution in [3.63, 3.8) is 0 Å². The number of aromatic nitrogens is 2. The third kappa shape index (κ3) is 3.58. The zero-order chi connectivity index (χ0) is 13.8. The Balaban J connectivity index is 2.20. The van der Waals surface area contributed by atoms with Crippen LogP contribution in [-0.4, -0.2) is 20.9 Å². The highest BCUT2D eigenvalue weighted by Crippen LogP contribution is 2.11. The minimum Gasteiger partial charge on any atom is -0.508 e. The predicted molar refractivity (Wildman–Crippen MR) is 74.5 cm³/mol. The smallest absolute Gasteiger partial charge is 0.269 e. The number of hydrogen-bond donors (Lipinski definition) is 2. The monoisotopic (exact) mass is 259 g/mol. The maximum absolute atomic E-state index is 11.9. The van der Waals surface area contributed by atoms with Gasteiger partial charge in [-0.1, -0.05) is 12.1 Å². The standard InChI is InChI=1S/C14H17N3O2/c1-10(2)16-12-7-14(19)17(15-8-12)9-11-4-3-5-13(18)6-11/h3-8,10,16,18H,9H2,1-2H3. The van der Waals surface area contributed by atoms with E-state index in [1.807, 2.05) is 19.9 Å². The summed E-state index contributed by atoms with van der Waals surface area (Å²) in [4.78, 5) is 11.9. The SMILES string of the molecule is CC(C)Nc1cnn(Cc2cccc(O)c2)c(=O)c1. The number of phenolic OH excluding ortho intramolecular Hbond substituents is 1. The second kappa shape index (κ2) is 5.56. The highest BCUT2D eigenvalue weighted by atomic mass is 16.3. The number of aromatic hydroxyl groups is 1. The van der Waals surface area contributed by atoms with Crippen molar-refractivity contribution in [2.24, 2.45) is 0 Å². The van der Waals surface area contributed by atoms with Crippen molar-refractivity contribution < 1.29 is 5.11 Å². The molecule has 0 fully saturated rings. The van der Waals surface area contributed by atoms with Crippen molar-refractivity contribution >= 4 is 5.69 Å². The van der Waals surface area contributed by atoms with Gasteiger partial charge in [0.25, 0.3) is 5.56 Å². The van der Waals surface area contributed by atoms with E-state index in [1.54, 1.807) is 24.4 Å². The van der Waals surface area contributed by atoms with Crippen LogP contribution >= 0.6 is 0 Å². The predicted octanol–water partition coefficient (Wildman–Crippen LogP) is 1.82. The lowest BCUT2D eigenvalue weighted by Crippen LogP contribution is -2.24. The molecule has 0 saturated carbocycles. The topological polar surface area (TPSA) is 67.2 Å². The molecule has 0 spiro atoms. The molecule has 0 bridgehead atoms. The quantitative estimate of drug-likeness (QED) is 0.879. The van der Waals surface area contributed by atoms with Gasteiger partial charge in [-0.2, -0.15) is 5.10 Å². The number of anilines is 1. The molecule has 0 aliphatic rings.